The Morgan fingerprint density at radius 3 is 2.34 bits per heavy atom. The molecule has 1 amide bonds. The van der Waals surface area contributed by atoms with Crippen LogP contribution >= 0.6 is 11.8 Å². The second-order valence-corrected chi connectivity index (χ2v) is 11.3. The van der Waals surface area contributed by atoms with E-state index < -0.39 is 10.0 Å². The summed E-state index contributed by atoms with van der Waals surface area (Å²) in [5, 5.41) is 3.58. The molecule has 1 aliphatic heterocycles. The number of carbonyl (C=O) groups is 1. The highest BCUT2D eigenvalue weighted by Crippen LogP contribution is 2.21. The highest BCUT2D eigenvalue weighted by atomic mass is 32.2. The standard InChI is InChI=1S/C23H32N4O3S2/c1-18(2)19(3)25-22(28)17-31-23-10-9-21(15-24-23)32(29,30)27-13-11-26(12-14-27)16-20-7-5-4-6-8-20/h4-10,15,18-19H,11-14,16-17H2,1-3H3,(H,25,28). The summed E-state index contributed by atoms with van der Waals surface area (Å²) in [7, 11) is -3.58. The van der Waals surface area contributed by atoms with Crippen LogP contribution in [0.4, 0.5) is 0 Å². The van der Waals surface area contributed by atoms with Crippen LogP contribution in [0.5, 0.6) is 0 Å². The molecule has 174 valence electrons. The topological polar surface area (TPSA) is 82.6 Å². The van der Waals surface area contributed by atoms with Crippen LogP contribution in [0.25, 0.3) is 0 Å². The molecule has 3 rings (SSSR count). The zero-order valence-electron chi connectivity index (χ0n) is 18.9. The lowest BCUT2D eigenvalue weighted by molar-refractivity contribution is -0.119. The van der Waals surface area contributed by atoms with E-state index in [1.54, 1.807) is 12.1 Å². The van der Waals surface area contributed by atoms with Gasteiger partial charge in [0.1, 0.15) is 4.90 Å². The third-order valence-corrected chi connectivity index (χ3v) is 8.49. The number of benzene rings is 1. The number of nitrogens with zero attached hydrogens (tertiary/aromatic N) is 3. The third kappa shape index (κ3) is 6.78. The highest BCUT2D eigenvalue weighted by Gasteiger charge is 2.28. The number of rotatable bonds is 9. The first-order chi connectivity index (χ1) is 15.3. The number of thioether (sulfide) groups is 1. The SMILES string of the molecule is CC(C)C(C)NC(=O)CSc1ccc(S(=O)(=O)N2CCN(Cc3ccccc3)CC2)cn1. The fraction of sp³-hybridized carbons (Fsp3) is 0.478. The first-order valence-electron chi connectivity index (χ1n) is 10.9. The van der Waals surface area contributed by atoms with Crippen LogP contribution < -0.4 is 5.32 Å². The summed E-state index contributed by atoms with van der Waals surface area (Å²) < 4.78 is 27.5. The summed E-state index contributed by atoms with van der Waals surface area (Å²) in [6.07, 6.45) is 1.39. The van der Waals surface area contributed by atoms with Gasteiger partial charge < -0.3 is 5.32 Å². The second kappa shape index (κ2) is 11.3. The Morgan fingerprint density at radius 2 is 1.75 bits per heavy atom. The maximum absolute atomic E-state index is 13.0. The monoisotopic (exact) mass is 476 g/mol. The van der Waals surface area contributed by atoms with Crippen molar-refractivity contribution in [2.75, 3.05) is 31.9 Å². The number of pyridine rings is 1. The quantitative estimate of drug-likeness (QED) is 0.561. The van der Waals surface area contributed by atoms with Gasteiger partial charge >= 0.3 is 0 Å². The molecule has 0 radical (unpaired) electrons. The van der Waals surface area contributed by atoms with E-state index in [9.17, 15) is 13.2 Å². The van der Waals surface area contributed by atoms with Crippen molar-refractivity contribution in [1.82, 2.24) is 19.5 Å². The number of aromatic nitrogens is 1. The zero-order chi connectivity index (χ0) is 23.1. The van der Waals surface area contributed by atoms with Crippen molar-refractivity contribution in [3.8, 4) is 0 Å². The van der Waals surface area contributed by atoms with Crippen LogP contribution in [0.1, 0.15) is 26.3 Å². The summed E-state index contributed by atoms with van der Waals surface area (Å²) in [5.74, 6) is 0.564. The van der Waals surface area contributed by atoms with Crippen LogP contribution in [0.2, 0.25) is 0 Å². The molecule has 1 fully saturated rings. The van der Waals surface area contributed by atoms with Gasteiger partial charge in [-0.05, 0) is 30.5 Å². The summed E-state index contributed by atoms with van der Waals surface area (Å²) in [6, 6.07) is 13.6. The van der Waals surface area contributed by atoms with Gasteiger partial charge in [0.05, 0.1) is 10.8 Å². The van der Waals surface area contributed by atoms with Crippen molar-refractivity contribution in [3.63, 3.8) is 0 Å². The van der Waals surface area contributed by atoms with Gasteiger partial charge in [0.25, 0.3) is 0 Å². The largest absolute Gasteiger partial charge is 0.353 e. The Morgan fingerprint density at radius 1 is 1.06 bits per heavy atom. The fourth-order valence-corrected chi connectivity index (χ4v) is 5.35. The van der Waals surface area contributed by atoms with Gasteiger partial charge in [-0.15, -0.1) is 0 Å². The Kier molecular flexibility index (Phi) is 8.70. The van der Waals surface area contributed by atoms with Gasteiger partial charge in [0, 0.05) is 45.0 Å². The third-order valence-electron chi connectivity index (χ3n) is 5.67. The number of nitrogens with one attached hydrogen (secondary N) is 1. The van der Waals surface area contributed by atoms with Gasteiger partial charge in [-0.25, -0.2) is 13.4 Å². The van der Waals surface area contributed by atoms with Gasteiger partial charge in [0.15, 0.2) is 0 Å². The van der Waals surface area contributed by atoms with Crippen LogP contribution in [0, 0.1) is 5.92 Å². The number of sulfonamides is 1. The first kappa shape index (κ1) is 24.7. The average Bonchev–Trinajstić information content (AvgIpc) is 2.79. The van der Waals surface area contributed by atoms with E-state index in [0.717, 1.165) is 6.54 Å². The number of hydrogen-bond acceptors (Lipinski definition) is 6. The molecule has 2 heterocycles. The highest BCUT2D eigenvalue weighted by molar-refractivity contribution is 7.99. The van der Waals surface area contributed by atoms with Crippen molar-refractivity contribution in [1.29, 1.82) is 0 Å². The maximum atomic E-state index is 13.0. The van der Waals surface area contributed by atoms with Crippen molar-refractivity contribution >= 4 is 27.7 Å². The molecule has 0 spiro atoms. The average molecular weight is 477 g/mol. The molecule has 0 bridgehead atoms. The van der Waals surface area contributed by atoms with E-state index in [1.165, 1.54) is 27.8 Å². The number of amides is 1. The van der Waals surface area contributed by atoms with Crippen molar-refractivity contribution in [2.45, 2.75) is 43.3 Å². The molecule has 1 aromatic carbocycles. The number of hydrogen-bond donors (Lipinski definition) is 1. The van der Waals surface area contributed by atoms with Crippen LogP contribution in [-0.4, -0.2) is 66.5 Å². The minimum atomic E-state index is -3.58. The lowest BCUT2D eigenvalue weighted by Gasteiger charge is -2.33. The molecule has 1 aromatic heterocycles. The molecule has 7 nitrogen and oxygen atoms in total. The van der Waals surface area contributed by atoms with Crippen LogP contribution in [0.3, 0.4) is 0 Å². The van der Waals surface area contributed by atoms with E-state index in [2.05, 4.69) is 41.2 Å². The summed E-state index contributed by atoms with van der Waals surface area (Å²) in [5.41, 5.74) is 1.23. The second-order valence-electron chi connectivity index (χ2n) is 8.39. The molecule has 1 N–H and O–H groups in total. The summed E-state index contributed by atoms with van der Waals surface area (Å²) in [6.45, 7) is 9.22. The molecule has 9 heteroatoms. The van der Waals surface area contributed by atoms with Gasteiger partial charge in [-0.3, -0.25) is 9.69 Å². The Labute approximate surface area is 195 Å². The fourth-order valence-electron chi connectivity index (χ4n) is 3.33. The minimum Gasteiger partial charge on any atom is -0.353 e. The lowest BCUT2D eigenvalue weighted by Crippen LogP contribution is -2.48. The van der Waals surface area contributed by atoms with E-state index in [0.29, 0.717) is 37.1 Å². The van der Waals surface area contributed by atoms with Gasteiger partial charge in [-0.1, -0.05) is 55.9 Å². The molecule has 1 aliphatic rings. The zero-order valence-corrected chi connectivity index (χ0v) is 20.5. The van der Waals surface area contributed by atoms with Crippen LogP contribution in [-0.2, 0) is 21.4 Å². The number of piperazine rings is 1. The van der Waals surface area contributed by atoms with Crippen molar-refractivity contribution < 1.29 is 13.2 Å². The summed E-state index contributed by atoms with van der Waals surface area (Å²) >= 11 is 1.30. The normalized spacial score (nSPS) is 16.8. The molecule has 2 aromatic rings. The Bertz CT molecular complexity index is 974. The van der Waals surface area contributed by atoms with Gasteiger partial charge in [0.2, 0.25) is 15.9 Å². The van der Waals surface area contributed by atoms with Crippen molar-refractivity contribution in [3.05, 3.63) is 54.2 Å². The van der Waals surface area contributed by atoms with E-state index in [4.69, 9.17) is 0 Å². The minimum absolute atomic E-state index is 0.0527. The van der Waals surface area contributed by atoms with Crippen LogP contribution in [0.15, 0.2) is 58.6 Å². The van der Waals surface area contributed by atoms with Crippen molar-refractivity contribution in [2.24, 2.45) is 5.92 Å². The first-order valence-corrected chi connectivity index (χ1v) is 13.3. The molecular formula is C23H32N4O3S2. The van der Waals surface area contributed by atoms with E-state index in [1.807, 2.05) is 25.1 Å². The Hall–Kier alpha value is -1.94. The van der Waals surface area contributed by atoms with Gasteiger partial charge in [-0.2, -0.15) is 4.31 Å². The van der Waals surface area contributed by atoms with E-state index in [-0.39, 0.29) is 22.6 Å². The summed E-state index contributed by atoms with van der Waals surface area (Å²) in [4.78, 5) is 18.8. The smallest absolute Gasteiger partial charge is 0.244 e. The molecule has 1 unspecified atom stereocenters. The predicted molar refractivity (Wildman–Crippen MR) is 128 cm³/mol. The molecule has 1 saturated heterocycles. The Balaban J connectivity index is 1.51. The van der Waals surface area contributed by atoms with E-state index >= 15 is 0 Å². The number of carbonyl (C=O) groups excluding carboxylic acids is 1. The predicted octanol–water partition coefficient (Wildman–Crippen LogP) is 2.84. The lowest BCUT2D eigenvalue weighted by atomic mass is 10.1. The molecule has 0 saturated carbocycles. The molecule has 32 heavy (non-hydrogen) atoms. The molecular weight excluding hydrogens is 444 g/mol. The molecule has 0 aliphatic carbocycles. The maximum Gasteiger partial charge on any atom is 0.244 e. The molecule has 1 atom stereocenters.